The Hall–Kier alpha value is -2.78. The second kappa shape index (κ2) is 13.9. The van der Waals surface area contributed by atoms with Gasteiger partial charge in [-0.15, -0.1) is 0 Å². The Bertz CT molecular complexity index is 1460. The molecule has 0 aromatic heterocycles. The number of sulfonamides is 1. The van der Waals surface area contributed by atoms with Gasteiger partial charge < -0.3 is 10.2 Å². The van der Waals surface area contributed by atoms with E-state index >= 15 is 0 Å². The molecule has 1 aliphatic rings. The minimum absolute atomic E-state index is 0.0389. The van der Waals surface area contributed by atoms with Crippen molar-refractivity contribution in [2.75, 3.05) is 17.1 Å². The normalized spacial score (nSPS) is 14.4. The van der Waals surface area contributed by atoms with Crippen molar-refractivity contribution >= 4 is 62.3 Å². The van der Waals surface area contributed by atoms with Gasteiger partial charge in [0, 0.05) is 24.0 Å². The summed E-state index contributed by atoms with van der Waals surface area (Å²) >= 11 is 18.3. The third kappa shape index (κ3) is 8.61. The van der Waals surface area contributed by atoms with Crippen LogP contribution in [0.2, 0.25) is 15.1 Å². The molecular formula is C30H32Cl3N3O4S. The van der Waals surface area contributed by atoms with Gasteiger partial charge in [0.25, 0.3) is 0 Å². The maximum atomic E-state index is 14.1. The number of hydrogen-bond acceptors (Lipinski definition) is 4. The van der Waals surface area contributed by atoms with Gasteiger partial charge in [-0.1, -0.05) is 90.1 Å². The number of anilines is 1. The highest BCUT2D eigenvalue weighted by Crippen LogP contribution is 2.29. The second-order valence-electron chi connectivity index (χ2n) is 10.2. The van der Waals surface area contributed by atoms with Crippen LogP contribution in [0.4, 0.5) is 5.69 Å². The summed E-state index contributed by atoms with van der Waals surface area (Å²) in [6, 6.07) is 19.9. The van der Waals surface area contributed by atoms with Crippen molar-refractivity contribution in [3.05, 3.63) is 99.0 Å². The monoisotopic (exact) mass is 635 g/mol. The molecule has 0 saturated heterocycles. The standard InChI is InChI=1S/C30H32Cl3N3O4S/c1-41(39,40)36(25-15-16-26(32)27(33)18-25)20-29(37)35(19-22-11-13-23(31)14-12-22)28(17-21-7-3-2-4-8-21)30(38)34-24-9-5-6-10-24/h2-4,7-8,11-16,18,24,28H,5-6,9-10,17,19-20H2,1H3,(H,34,38)/t28-/m1/s1. The van der Waals surface area contributed by atoms with Gasteiger partial charge in [-0.2, -0.15) is 0 Å². The first-order chi connectivity index (χ1) is 19.5. The molecule has 0 radical (unpaired) electrons. The predicted octanol–water partition coefficient (Wildman–Crippen LogP) is 6.11. The van der Waals surface area contributed by atoms with Crippen molar-refractivity contribution in [1.82, 2.24) is 10.2 Å². The lowest BCUT2D eigenvalue weighted by Gasteiger charge is -2.34. The number of carbonyl (C=O) groups is 2. The Kier molecular flexibility index (Phi) is 10.6. The maximum absolute atomic E-state index is 14.1. The first-order valence-electron chi connectivity index (χ1n) is 13.3. The predicted molar refractivity (Wildman–Crippen MR) is 165 cm³/mol. The summed E-state index contributed by atoms with van der Waals surface area (Å²) in [6.45, 7) is -0.461. The molecule has 0 unspecified atom stereocenters. The van der Waals surface area contributed by atoms with Crippen molar-refractivity contribution in [1.29, 1.82) is 0 Å². The zero-order valence-corrected chi connectivity index (χ0v) is 25.7. The smallest absolute Gasteiger partial charge is 0.244 e. The molecule has 1 N–H and O–H groups in total. The number of nitrogens with zero attached hydrogens (tertiary/aromatic N) is 2. The SMILES string of the molecule is CS(=O)(=O)N(CC(=O)N(Cc1ccc(Cl)cc1)[C@H](Cc1ccccc1)C(=O)NC1CCCC1)c1ccc(Cl)c(Cl)c1. The number of hydrogen-bond donors (Lipinski definition) is 1. The van der Waals surface area contributed by atoms with Crippen molar-refractivity contribution in [2.24, 2.45) is 0 Å². The lowest BCUT2D eigenvalue weighted by molar-refractivity contribution is -0.140. The summed E-state index contributed by atoms with van der Waals surface area (Å²) in [5.41, 5.74) is 1.81. The molecule has 0 heterocycles. The zero-order valence-electron chi connectivity index (χ0n) is 22.6. The quantitative estimate of drug-likeness (QED) is 0.275. The summed E-state index contributed by atoms with van der Waals surface area (Å²) < 4.78 is 26.8. The van der Waals surface area contributed by atoms with Crippen molar-refractivity contribution in [2.45, 2.75) is 50.7 Å². The molecule has 218 valence electrons. The van der Waals surface area contributed by atoms with Crippen molar-refractivity contribution in [3.8, 4) is 0 Å². The van der Waals surface area contributed by atoms with Crippen LogP contribution < -0.4 is 9.62 Å². The van der Waals surface area contributed by atoms with E-state index < -0.39 is 28.5 Å². The highest BCUT2D eigenvalue weighted by molar-refractivity contribution is 7.92. The second-order valence-corrected chi connectivity index (χ2v) is 13.4. The van der Waals surface area contributed by atoms with Crippen LogP contribution in [0.25, 0.3) is 0 Å². The number of rotatable bonds is 11. The number of halogens is 3. The van der Waals surface area contributed by atoms with Crippen LogP contribution in [-0.2, 0) is 32.6 Å². The first-order valence-corrected chi connectivity index (χ1v) is 16.3. The topological polar surface area (TPSA) is 86.8 Å². The molecule has 0 aliphatic heterocycles. The molecule has 1 fully saturated rings. The molecule has 11 heteroatoms. The van der Waals surface area contributed by atoms with Crippen LogP contribution in [0.1, 0.15) is 36.8 Å². The largest absolute Gasteiger partial charge is 0.352 e. The number of carbonyl (C=O) groups excluding carboxylic acids is 2. The van der Waals surface area contributed by atoms with Crippen LogP contribution in [-0.4, -0.2) is 50.0 Å². The van der Waals surface area contributed by atoms with Gasteiger partial charge in [0.1, 0.15) is 12.6 Å². The summed E-state index contributed by atoms with van der Waals surface area (Å²) in [7, 11) is -3.91. The minimum atomic E-state index is -3.91. The van der Waals surface area contributed by atoms with E-state index in [9.17, 15) is 18.0 Å². The Labute approximate surface area is 256 Å². The van der Waals surface area contributed by atoms with E-state index in [1.54, 1.807) is 24.3 Å². The van der Waals surface area contributed by atoms with Gasteiger partial charge >= 0.3 is 0 Å². The molecule has 1 saturated carbocycles. The lowest BCUT2D eigenvalue weighted by Crippen LogP contribution is -2.54. The van der Waals surface area contributed by atoms with Crippen molar-refractivity contribution < 1.29 is 18.0 Å². The van der Waals surface area contributed by atoms with E-state index in [4.69, 9.17) is 34.8 Å². The average Bonchev–Trinajstić information content (AvgIpc) is 3.45. The van der Waals surface area contributed by atoms with Gasteiger partial charge in [-0.25, -0.2) is 8.42 Å². The molecule has 3 aromatic carbocycles. The van der Waals surface area contributed by atoms with E-state index in [-0.39, 0.29) is 40.6 Å². The molecule has 41 heavy (non-hydrogen) atoms. The third-order valence-electron chi connectivity index (χ3n) is 7.11. The number of nitrogens with one attached hydrogen (secondary N) is 1. The Morgan fingerprint density at radius 2 is 1.56 bits per heavy atom. The van der Waals surface area contributed by atoms with Crippen LogP contribution in [0.3, 0.4) is 0 Å². The first kappa shape index (κ1) is 31.2. The molecule has 1 aliphatic carbocycles. The van der Waals surface area contributed by atoms with Gasteiger partial charge in [-0.05, 0) is 54.3 Å². The number of amides is 2. The molecule has 0 bridgehead atoms. The maximum Gasteiger partial charge on any atom is 0.244 e. The van der Waals surface area contributed by atoms with E-state index in [0.29, 0.717) is 5.02 Å². The average molecular weight is 637 g/mol. The van der Waals surface area contributed by atoms with Crippen LogP contribution in [0.15, 0.2) is 72.8 Å². The van der Waals surface area contributed by atoms with E-state index in [1.165, 1.54) is 23.1 Å². The van der Waals surface area contributed by atoms with Crippen molar-refractivity contribution in [3.63, 3.8) is 0 Å². The lowest BCUT2D eigenvalue weighted by atomic mass is 10.0. The molecule has 1 atom stereocenters. The van der Waals surface area contributed by atoms with Crippen LogP contribution in [0, 0.1) is 0 Å². The van der Waals surface area contributed by atoms with E-state index in [1.807, 2.05) is 30.3 Å². The Morgan fingerprint density at radius 1 is 0.902 bits per heavy atom. The third-order valence-corrected chi connectivity index (χ3v) is 9.24. The summed E-state index contributed by atoms with van der Waals surface area (Å²) in [4.78, 5) is 29.4. The Balaban J connectivity index is 1.72. The minimum Gasteiger partial charge on any atom is -0.352 e. The van der Waals surface area contributed by atoms with Gasteiger partial charge in [-0.3, -0.25) is 13.9 Å². The zero-order chi connectivity index (χ0) is 29.6. The van der Waals surface area contributed by atoms with Gasteiger partial charge in [0.2, 0.25) is 21.8 Å². The molecule has 4 rings (SSSR count). The highest BCUT2D eigenvalue weighted by Gasteiger charge is 2.34. The fraction of sp³-hybridized carbons (Fsp3) is 0.333. The van der Waals surface area contributed by atoms with E-state index in [2.05, 4.69) is 5.32 Å². The molecule has 3 aromatic rings. The summed E-state index contributed by atoms with van der Waals surface area (Å²) in [5.74, 6) is -0.817. The van der Waals surface area contributed by atoms with Crippen LogP contribution in [0.5, 0.6) is 0 Å². The fourth-order valence-corrected chi connectivity index (χ4v) is 6.22. The molecule has 0 spiro atoms. The summed E-state index contributed by atoms with van der Waals surface area (Å²) in [6.07, 6.45) is 5.11. The fourth-order valence-electron chi connectivity index (χ4n) is 4.96. The summed E-state index contributed by atoms with van der Waals surface area (Å²) in [5, 5.41) is 4.09. The highest BCUT2D eigenvalue weighted by atomic mass is 35.5. The number of benzene rings is 3. The van der Waals surface area contributed by atoms with Gasteiger partial charge in [0.05, 0.1) is 22.0 Å². The molecule has 2 amide bonds. The molecular weight excluding hydrogens is 605 g/mol. The molecule has 7 nitrogen and oxygen atoms in total. The van der Waals surface area contributed by atoms with E-state index in [0.717, 1.165) is 47.4 Å². The van der Waals surface area contributed by atoms with Gasteiger partial charge in [0.15, 0.2) is 0 Å². The Morgan fingerprint density at radius 3 is 2.17 bits per heavy atom. The van der Waals surface area contributed by atoms with Crippen LogP contribution >= 0.6 is 34.8 Å².